The van der Waals surface area contributed by atoms with Gasteiger partial charge in [-0.1, -0.05) is 66.7 Å². The van der Waals surface area contributed by atoms with E-state index in [0.29, 0.717) is 17.8 Å². The number of nitrogens with zero attached hydrogens (tertiary/aromatic N) is 3. The van der Waals surface area contributed by atoms with Crippen molar-refractivity contribution in [3.63, 3.8) is 0 Å². The number of amides is 2. The van der Waals surface area contributed by atoms with Crippen LogP contribution in [0.4, 0.5) is 4.79 Å². The van der Waals surface area contributed by atoms with Crippen molar-refractivity contribution in [1.29, 1.82) is 0 Å². The summed E-state index contributed by atoms with van der Waals surface area (Å²) >= 11 is 0. The Morgan fingerprint density at radius 1 is 1.00 bits per heavy atom. The third-order valence-corrected chi connectivity index (χ3v) is 6.46. The van der Waals surface area contributed by atoms with Crippen LogP contribution in [0.5, 0.6) is 0 Å². The van der Waals surface area contributed by atoms with Gasteiger partial charge >= 0.3 is 12.0 Å². The van der Waals surface area contributed by atoms with Crippen molar-refractivity contribution in [2.24, 2.45) is 10.8 Å². The summed E-state index contributed by atoms with van der Waals surface area (Å²) in [6, 6.07) is 24.2. The van der Waals surface area contributed by atoms with Crippen molar-refractivity contribution in [2.75, 3.05) is 6.54 Å². The molecule has 1 atom stereocenters. The van der Waals surface area contributed by atoms with Gasteiger partial charge in [-0.25, -0.2) is 9.59 Å². The summed E-state index contributed by atoms with van der Waals surface area (Å²) in [6.07, 6.45) is 5.27. The molecule has 0 saturated carbocycles. The van der Waals surface area contributed by atoms with Crippen LogP contribution in [0.15, 0.2) is 90.2 Å². The average Bonchev–Trinajstić information content (AvgIpc) is 2.92. The van der Waals surface area contributed by atoms with Gasteiger partial charge in [0.2, 0.25) is 0 Å². The van der Waals surface area contributed by atoms with E-state index in [0.717, 1.165) is 36.8 Å². The minimum atomic E-state index is -0.970. The smallest absolute Gasteiger partial charge is 0.344 e. The summed E-state index contributed by atoms with van der Waals surface area (Å²) in [5, 5.41) is 14.4. The fourth-order valence-electron chi connectivity index (χ4n) is 4.53. The van der Waals surface area contributed by atoms with Crippen LogP contribution in [0.25, 0.3) is 16.8 Å². The molecule has 1 unspecified atom stereocenters. The molecule has 1 aliphatic heterocycles. The molecular weight excluding hydrogens is 452 g/mol. The molecule has 0 radical (unpaired) electrons. The van der Waals surface area contributed by atoms with Crippen molar-refractivity contribution in [3.8, 4) is 11.1 Å². The number of rotatable bonds is 7. The van der Waals surface area contributed by atoms with Crippen LogP contribution >= 0.6 is 0 Å². The highest BCUT2D eigenvalue weighted by molar-refractivity contribution is 5.89. The molecule has 7 heteroatoms. The summed E-state index contributed by atoms with van der Waals surface area (Å²) in [4.78, 5) is 26.5. The van der Waals surface area contributed by atoms with Crippen molar-refractivity contribution in [2.45, 2.75) is 31.7 Å². The van der Waals surface area contributed by atoms with Crippen molar-refractivity contribution in [1.82, 2.24) is 9.91 Å². The molecule has 0 bridgehead atoms. The molecule has 36 heavy (non-hydrogen) atoms. The zero-order chi connectivity index (χ0) is 25.5. The Kier molecular flexibility index (Phi) is 7.80. The molecule has 1 fully saturated rings. The summed E-state index contributed by atoms with van der Waals surface area (Å²) in [6.45, 7) is 4.26. The molecule has 7 nitrogen and oxygen atoms in total. The monoisotopic (exact) mass is 482 g/mol. The van der Waals surface area contributed by atoms with Gasteiger partial charge in [0.05, 0.1) is 17.5 Å². The maximum Gasteiger partial charge on any atom is 0.344 e. The number of likely N-dealkylation sites (tertiary alicyclic amines) is 1. The molecule has 3 aromatic carbocycles. The zero-order valence-corrected chi connectivity index (χ0v) is 20.1. The van der Waals surface area contributed by atoms with E-state index >= 15 is 0 Å². The summed E-state index contributed by atoms with van der Waals surface area (Å²) in [7, 11) is 0. The number of nitrogens with two attached hydrogens (primary N) is 1. The van der Waals surface area contributed by atoms with Crippen LogP contribution in [-0.2, 0) is 6.42 Å². The molecular formula is C29H30N4O3. The van der Waals surface area contributed by atoms with E-state index in [-0.39, 0.29) is 17.6 Å². The quantitative estimate of drug-likeness (QED) is 0.346. The van der Waals surface area contributed by atoms with Crippen LogP contribution in [0, 0.1) is 0 Å². The SMILES string of the molecule is C=NN(/C=C(\N)c1ccc(-c2cccc(C(=O)O)c2)cc1)C(=O)N1CCCCC1Cc1ccccc1. The van der Waals surface area contributed by atoms with Crippen LogP contribution in [0.2, 0.25) is 0 Å². The Morgan fingerprint density at radius 2 is 1.75 bits per heavy atom. The predicted molar refractivity (Wildman–Crippen MR) is 142 cm³/mol. The highest BCUT2D eigenvalue weighted by Gasteiger charge is 2.29. The number of hydrazone groups is 1. The molecule has 1 heterocycles. The number of urea groups is 1. The van der Waals surface area contributed by atoms with Crippen molar-refractivity contribution in [3.05, 3.63) is 102 Å². The molecule has 1 aliphatic rings. The van der Waals surface area contributed by atoms with E-state index in [4.69, 9.17) is 5.73 Å². The summed E-state index contributed by atoms with van der Waals surface area (Å²) in [5.74, 6) is -0.970. The Morgan fingerprint density at radius 3 is 2.44 bits per heavy atom. The van der Waals surface area contributed by atoms with Gasteiger partial charge in [-0.2, -0.15) is 10.1 Å². The highest BCUT2D eigenvalue weighted by atomic mass is 16.4. The molecule has 3 aromatic rings. The number of carboxylic acid groups (broad SMARTS) is 1. The first-order valence-corrected chi connectivity index (χ1v) is 12.0. The first kappa shape index (κ1) is 24.7. The lowest BCUT2D eigenvalue weighted by atomic mass is 9.96. The molecule has 0 spiro atoms. The normalized spacial score (nSPS) is 15.8. The Bertz CT molecular complexity index is 1260. The topological polar surface area (TPSA) is 99.2 Å². The van der Waals surface area contributed by atoms with E-state index in [1.807, 2.05) is 53.4 Å². The minimum absolute atomic E-state index is 0.0911. The Hall–Kier alpha value is -4.39. The Balaban J connectivity index is 1.50. The first-order chi connectivity index (χ1) is 17.5. The van der Waals surface area contributed by atoms with Gasteiger partial charge in [-0.05, 0) is 60.1 Å². The number of carbonyl (C=O) groups excluding carboxylic acids is 1. The maximum atomic E-state index is 13.4. The molecule has 4 rings (SSSR count). The van der Waals surface area contributed by atoms with Crippen LogP contribution < -0.4 is 5.73 Å². The molecule has 2 amide bonds. The number of benzene rings is 3. The second-order valence-electron chi connectivity index (χ2n) is 8.85. The first-order valence-electron chi connectivity index (χ1n) is 12.0. The predicted octanol–water partition coefficient (Wildman–Crippen LogP) is 5.44. The average molecular weight is 483 g/mol. The van der Waals surface area contributed by atoms with Gasteiger partial charge in [-0.3, -0.25) is 0 Å². The van der Waals surface area contributed by atoms with E-state index in [1.54, 1.807) is 18.2 Å². The lowest BCUT2D eigenvalue weighted by Gasteiger charge is -2.37. The number of hydrogen-bond acceptors (Lipinski definition) is 4. The van der Waals surface area contributed by atoms with Gasteiger partial charge in [0.25, 0.3) is 0 Å². The van der Waals surface area contributed by atoms with Gasteiger partial charge in [0.1, 0.15) is 0 Å². The zero-order valence-electron chi connectivity index (χ0n) is 20.1. The third kappa shape index (κ3) is 5.81. The number of carbonyl (C=O) groups is 2. The molecule has 1 saturated heterocycles. The molecule has 0 aromatic heterocycles. The molecule has 3 N–H and O–H groups in total. The minimum Gasteiger partial charge on any atom is -0.478 e. The van der Waals surface area contributed by atoms with Gasteiger partial charge < -0.3 is 15.7 Å². The van der Waals surface area contributed by atoms with Crippen LogP contribution in [-0.4, -0.2) is 46.3 Å². The van der Waals surface area contributed by atoms with Crippen molar-refractivity contribution < 1.29 is 14.7 Å². The lowest BCUT2D eigenvalue weighted by Crippen LogP contribution is -2.48. The van der Waals surface area contributed by atoms with E-state index in [2.05, 4.69) is 24.0 Å². The van der Waals surface area contributed by atoms with Gasteiger partial charge in [0.15, 0.2) is 0 Å². The van der Waals surface area contributed by atoms with E-state index < -0.39 is 5.97 Å². The second kappa shape index (κ2) is 11.4. The number of piperidine rings is 1. The maximum absolute atomic E-state index is 13.4. The molecule has 0 aliphatic carbocycles. The fourth-order valence-corrected chi connectivity index (χ4v) is 4.53. The summed E-state index contributed by atoms with van der Waals surface area (Å²) < 4.78 is 0. The molecule has 184 valence electrons. The highest BCUT2D eigenvalue weighted by Crippen LogP contribution is 2.25. The van der Waals surface area contributed by atoms with Crippen molar-refractivity contribution >= 4 is 24.4 Å². The van der Waals surface area contributed by atoms with Gasteiger partial charge in [-0.15, -0.1) is 0 Å². The number of carboxylic acids is 1. The van der Waals surface area contributed by atoms with E-state index in [1.165, 1.54) is 16.8 Å². The number of hydrogen-bond donors (Lipinski definition) is 2. The van der Waals surface area contributed by atoms with Gasteiger partial charge in [0, 0.05) is 19.3 Å². The fraction of sp³-hybridized carbons (Fsp3) is 0.207. The Labute approximate surface area is 211 Å². The summed E-state index contributed by atoms with van der Waals surface area (Å²) in [5.41, 5.74) is 10.5. The second-order valence-corrected chi connectivity index (χ2v) is 8.85. The number of aromatic carboxylic acids is 1. The largest absolute Gasteiger partial charge is 0.478 e. The standard InChI is InChI=1S/C29H30N4O3/c1-31-33(29(36)32-17-6-5-12-26(32)18-21-8-3-2-4-9-21)20-27(30)23-15-13-22(14-16-23)24-10-7-11-25(19-24)28(34)35/h2-4,7-11,13-16,19-20,26H,1,5-6,12,17-18,30H2,(H,34,35)/b27-20-. The van der Waals surface area contributed by atoms with E-state index in [9.17, 15) is 14.7 Å². The van der Waals surface area contributed by atoms with Crippen LogP contribution in [0.1, 0.15) is 40.7 Å². The van der Waals surface area contributed by atoms with Crippen LogP contribution in [0.3, 0.4) is 0 Å². The third-order valence-electron chi connectivity index (χ3n) is 6.46. The lowest BCUT2D eigenvalue weighted by molar-refractivity contribution is 0.0697.